The van der Waals surface area contributed by atoms with Gasteiger partial charge in [0, 0.05) is 25.6 Å². The fraction of sp³-hybridized carbons (Fsp3) is 0.422. The van der Waals surface area contributed by atoms with Crippen LogP contribution in [0.15, 0.2) is 94.8 Å². The molecule has 13 nitrogen and oxygen atoms in total. The van der Waals surface area contributed by atoms with Gasteiger partial charge in [-0.05, 0) is 108 Å². The van der Waals surface area contributed by atoms with Gasteiger partial charge in [0.15, 0.2) is 0 Å². The molecule has 0 aliphatic carbocycles. The number of hydrogen-bond acceptors (Lipinski definition) is 9. The first-order valence-corrected chi connectivity index (χ1v) is 21.2. The van der Waals surface area contributed by atoms with E-state index in [-0.39, 0.29) is 43.4 Å². The first kappa shape index (κ1) is 46.1. The second kappa shape index (κ2) is 19.9. The lowest BCUT2D eigenvalue weighted by molar-refractivity contribution is -0.161. The highest BCUT2D eigenvalue weighted by Gasteiger charge is 2.37. The van der Waals surface area contributed by atoms with Crippen LogP contribution in [0.2, 0.25) is 0 Å². The molecule has 0 radical (unpaired) electrons. The van der Waals surface area contributed by atoms with Crippen molar-refractivity contribution in [3.8, 4) is 0 Å². The minimum absolute atomic E-state index is 0.0666. The van der Waals surface area contributed by atoms with E-state index in [1.807, 2.05) is 79.7 Å². The standard InChI is InChI=1S/C45H59N5O8S/c1-30-24-31(2)39(32(3)25-30)59(54,55)49-41(46)47-23-15-20-37(48-42(52)58-45(7,8)9)28-50(43(53)56-29-33-16-11-10-12-17-33)38(40(51)57-44(4,5)6)27-34-21-22-35-18-13-14-19-36(35)26-34/h10-14,16-19,21-22,24-26,37-38H,15,20,23,27-29H2,1-9H3,(H,48,52)(H3,46,47,49)/t37-,38-/m0/s1. The average Bonchev–Trinajstić information content (AvgIpc) is 3.11. The Morgan fingerprint density at radius 1 is 0.797 bits per heavy atom. The lowest BCUT2D eigenvalue weighted by Crippen LogP contribution is -2.54. The maximum absolute atomic E-state index is 14.3. The summed E-state index contributed by atoms with van der Waals surface area (Å²) in [5.74, 6) is -0.949. The number of hydrogen-bond donors (Lipinski definition) is 3. The normalized spacial score (nSPS) is 13.3. The number of alkyl carbamates (subject to hydrolysis) is 1. The molecule has 59 heavy (non-hydrogen) atoms. The van der Waals surface area contributed by atoms with Crippen LogP contribution in [-0.2, 0) is 42.1 Å². The van der Waals surface area contributed by atoms with Crippen molar-refractivity contribution >= 4 is 44.9 Å². The van der Waals surface area contributed by atoms with Crippen LogP contribution in [-0.4, -0.2) is 73.8 Å². The maximum Gasteiger partial charge on any atom is 0.410 e. The Bertz CT molecular complexity index is 2210. The number of nitrogens with one attached hydrogen (secondary N) is 2. The van der Waals surface area contributed by atoms with Crippen LogP contribution in [0.4, 0.5) is 9.59 Å². The zero-order valence-electron chi connectivity index (χ0n) is 35.6. The molecule has 0 aliphatic heterocycles. The van der Waals surface area contributed by atoms with Crippen LogP contribution in [0.5, 0.6) is 0 Å². The number of guanidine groups is 1. The number of nitrogens with zero attached hydrogens (tertiary/aromatic N) is 2. The third-order valence-electron chi connectivity index (χ3n) is 8.98. The van der Waals surface area contributed by atoms with Gasteiger partial charge in [-0.3, -0.25) is 9.89 Å². The van der Waals surface area contributed by atoms with Crippen molar-refractivity contribution < 1.29 is 37.0 Å². The Balaban J connectivity index is 1.65. The summed E-state index contributed by atoms with van der Waals surface area (Å²) in [6, 6.07) is 24.4. The molecule has 4 N–H and O–H groups in total. The predicted molar refractivity (Wildman–Crippen MR) is 230 cm³/mol. The summed E-state index contributed by atoms with van der Waals surface area (Å²) < 4.78 is 46.3. The van der Waals surface area contributed by atoms with E-state index in [1.54, 1.807) is 67.5 Å². The van der Waals surface area contributed by atoms with E-state index in [0.717, 1.165) is 27.5 Å². The van der Waals surface area contributed by atoms with Crippen molar-refractivity contribution in [1.82, 2.24) is 14.9 Å². The highest BCUT2D eigenvalue weighted by atomic mass is 32.2. The van der Waals surface area contributed by atoms with Crippen molar-refractivity contribution in [2.24, 2.45) is 10.7 Å². The minimum Gasteiger partial charge on any atom is -0.458 e. The van der Waals surface area contributed by atoms with E-state index in [4.69, 9.17) is 19.9 Å². The largest absolute Gasteiger partial charge is 0.458 e. The summed E-state index contributed by atoms with van der Waals surface area (Å²) in [5, 5.41) is 4.85. The van der Waals surface area contributed by atoms with E-state index >= 15 is 0 Å². The van der Waals surface area contributed by atoms with E-state index in [9.17, 15) is 22.8 Å². The van der Waals surface area contributed by atoms with Gasteiger partial charge >= 0.3 is 18.2 Å². The number of carbonyl (C=O) groups excluding carboxylic acids is 3. The number of esters is 1. The molecule has 0 fully saturated rings. The van der Waals surface area contributed by atoms with Crippen LogP contribution in [0.25, 0.3) is 10.8 Å². The number of rotatable bonds is 15. The molecule has 0 saturated carbocycles. The third kappa shape index (κ3) is 14.6. The maximum atomic E-state index is 14.3. The van der Waals surface area contributed by atoms with Gasteiger partial charge in [0.05, 0.1) is 4.90 Å². The second-order valence-corrected chi connectivity index (χ2v) is 18.3. The summed E-state index contributed by atoms with van der Waals surface area (Å²) in [6.07, 6.45) is -0.929. The minimum atomic E-state index is -4.03. The molecule has 0 unspecified atom stereocenters. The molecule has 0 aromatic heterocycles. The quantitative estimate of drug-likeness (QED) is 0.0357. The first-order chi connectivity index (χ1) is 27.6. The number of amides is 2. The van der Waals surface area contributed by atoms with Crippen LogP contribution >= 0.6 is 0 Å². The van der Waals surface area contributed by atoms with E-state index in [0.29, 0.717) is 17.5 Å². The van der Waals surface area contributed by atoms with Crippen LogP contribution < -0.4 is 15.8 Å². The number of aryl methyl sites for hydroxylation is 3. The van der Waals surface area contributed by atoms with E-state index < -0.39 is 51.5 Å². The van der Waals surface area contributed by atoms with Crippen molar-refractivity contribution in [1.29, 1.82) is 0 Å². The lowest BCUT2D eigenvalue weighted by Gasteiger charge is -2.35. The Kier molecular flexibility index (Phi) is 15.5. The summed E-state index contributed by atoms with van der Waals surface area (Å²) >= 11 is 0. The number of fused-ring (bicyclic) bond motifs is 1. The zero-order chi connectivity index (χ0) is 43.5. The Hall–Kier alpha value is -5.63. The highest BCUT2D eigenvalue weighted by Crippen LogP contribution is 2.23. The molecule has 0 bridgehead atoms. The topological polar surface area (TPSA) is 179 Å². The van der Waals surface area contributed by atoms with Gasteiger partial charge in [-0.15, -0.1) is 0 Å². The summed E-state index contributed by atoms with van der Waals surface area (Å²) in [4.78, 5) is 47.4. The monoisotopic (exact) mass is 829 g/mol. The lowest BCUT2D eigenvalue weighted by atomic mass is 10.00. The van der Waals surface area contributed by atoms with Gasteiger partial charge in [-0.1, -0.05) is 90.5 Å². The molecular formula is C45H59N5O8S. The van der Waals surface area contributed by atoms with Gasteiger partial charge in [0.1, 0.15) is 23.9 Å². The van der Waals surface area contributed by atoms with Crippen LogP contribution in [0.1, 0.15) is 82.2 Å². The highest BCUT2D eigenvalue weighted by molar-refractivity contribution is 7.90. The van der Waals surface area contributed by atoms with Crippen molar-refractivity contribution in [2.75, 3.05) is 13.1 Å². The zero-order valence-corrected chi connectivity index (χ0v) is 36.4. The molecule has 0 heterocycles. The summed E-state index contributed by atoms with van der Waals surface area (Å²) in [7, 11) is -4.03. The summed E-state index contributed by atoms with van der Waals surface area (Å²) in [5.41, 5.74) is 7.97. The number of ether oxygens (including phenoxy) is 3. The molecule has 0 aliphatic rings. The molecule has 0 spiro atoms. The number of sulfonamides is 1. The summed E-state index contributed by atoms with van der Waals surface area (Å²) in [6.45, 7) is 15.6. The number of benzene rings is 4. The molecule has 4 aromatic rings. The fourth-order valence-electron chi connectivity index (χ4n) is 6.68. The molecule has 4 rings (SSSR count). The Morgan fingerprint density at radius 3 is 2.03 bits per heavy atom. The average molecular weight is 830 g/mol. The van der Waals surface area contributed by atoms with Crippen LogP contribution in [0.3, 0.4) is 0 Å². The van der Waals surface area contributed by atoms with Crippen molar-refractivity contribution in [3.05, 3.63) is 113 Å². The predicted octanol–water partition coefficient (Wildman–Crippen LogP) is 7.62. The number of aliphatic imine (C=N–C) groups is 1. The molecule has 2 atom stereocenters. The SMILES string of the molecule is Cc1cc(C)c(S(=O)(=O)NC(N)=NCCC[C@@H](CN(C(=O)OCc2ccccc2)[C@@H](Cc2ccc3ccccc3c2)C(=O)OC(C)(C)C)NC(=O)OC(C)(C)C)c(C)c1. The van der Waals surface area contributed by atoms with E-state index in [2.05, 4.69) is 15.0 Å². The van der Waals surface area contributed by atoms with Crippen LogP contribution in [0, 0.1) is 20.8 Å². The van der Waals surface area contributed by atoms with Crippen molar-refractivity contribution in [3.63, 3.8) is 0 Å². The first-order valence-electron chi connectivity index (χ1n) is 19.7. The number of nitrogens with two attached hydrogens (primary N) is 1. The smallest absolute Gasteiger partial charge is 0.410 e. The fourth-order valence-corrected chi connectivity index (χ4v) is 8.09. The molecule has 4 aromatic carbocycles. The van der Waals surface area contributed by atoms with Gasteiger partial charge < -0.3 is 25.3 Å². The van der Waals surface area contributed by atoms with Gasteiger partial charge in [0.25, 0.3) is 10.0 Å². The number of carbonyl (C=O) groups is 3. The molecular weight excluding hydrogens is 771 g/mol. The van der Waals surface area contributed by atoms with Gasteiger partial charge in [-0.2, -0.15) is 0 Å². The van der Waals surface area contributed by atoms with Gasteiger partial charge in [-0.25, -0.2) is 27.5 Å². The van der Waals surface area contributed by atoms with Gasteiger partial charge in [0.2, 0.25) is 5.96 Å². The second-order valence-electron chi connectivity index (χ2n) is 16.7. The third-order valence-corrected chi connectivity index (χ3v) is 10.6. The Morgan fingerprint density at radius 2 is 1.41 bits per heavy atom. The molecule has 14 heteroatoms. The van der Waals surface area contributed by atoms with Crippen molar-refractivity contribution in [2.45, 2.75) is 116 Å². The molecule has 2 amide bonds. The molecule has 318 valence electrons. The van der Waals surface area contributed by atoms with E-state index in [1.165, 1.54) is 4.90 Å². The Labute approximate surface area is 348 Å². The molecule has 0 saturated heterocycles.